The predicted molar refractivity (Wildman–Crippen MR) is 62.1 cm³/mol. The zero-order valence-electron chi connectivity index (χ0n) is 9.54. The number of nitrogens with one attached hydrogen (secondary N) is 1. The van der Waals surface area contributed by atoms with Gasteiger partial charge < -0.3 is 9.72 Å². The molecule has 1 N–H and O–H groups in total. The second kappa shape index (κ2) is 4.03. The second-order valence-electron chi connectivity index (χ2n) is 3.75. The number of rotatable bonds is 3. The molecule has 0 saturated carbocycles. The molecule has 0 spiro atoms. The summed E-state index contributed by atoms with van der Waals surface area (Å²) in [6, 6.07) is 4.24. The van der Waals surface area contributed by atoms with E-state index >= 15 is 0 Å². The minimum absolute atomic E-state index is 0.889. The molecule has 0 radical (unpaired) electrons. The Bertz CT molecular complexity index is 471. The molecule has 0 fully saturated rings. The third-order valence-corrected chi connectivity index (χ3v) is 2.68. The van der Waals surface area contributed by atoms with Gasteiger partial charge in [0.2, 0.25) is 0 Å². The molecule has 0 unspecified atom stereocenters. The largest absolute Gasteiger partial charge is 0.316 e. The predicted octanol–water partition coefficient (Wildman–Crippen LogP) is 1.92. The van der Waals surface area contributed by atoms with Gasteiger partial charge in [-0.2, -0.15) is 0 Å². The van der Waals surface area contributed by atoms with Gasteiger partial charge in [0, 0.05) is 19.2 Å². The fraction of sp³-hybridized carbons (Fsp3) is 0.417. The molecule has 80 valence electrons. The first kappa shape index (κ1) is 10.2. The van der Waals surface area contributed by atoms with Crippen LogP contribution in [0.3, 0.4) is 0 Å². The van der Waals surface area contributed by atoms with Crippen molar-refractivity contribution in [2.75, 3.05) is 7.05 Å². The second-order valence-corrected chi connectivity index (χ2v) is 3.75. The maximum Gasteiger partial charge on any atom is 0.113 e. The molecule has 2 heterocycles. The third kappa shape index (κ3) is 1.63. The highest BCUT2D eigenvalue weighted by atomic mass is 15.0. The van der Waals surface area contributed by atoms with Crippen molar-refractivity contribution in [3.05, 3.63) is 35.4 Å². The summed E-state index contributed by atoms with van der Waals surface area (Å²) in [5.41, 5.74) is 3.69. The summed E-state index contributed by atoms with van der Waals surface area (Å²) in [5.74, 6) is 1.14. The SMILES string of the molecule is CCc1nc(C)c2c(CNC)cccn12. The Morgan fingerprint density at radius 1 is 1.47 bits per heavy atom. The van der Waals surface area contributed by atoms with E-state index in [1.807, 2.05) is 7.05 Å². The number of fused-ring (bicyclic) bond motifs is 1. The lowest BCUT2D eigenvalue weighted by molar-refractivity contribution is 0.816. The fourth-order valence-electron chi connectivity index (χ4n) is 2.06. The lowest BCUT2D eigenvalue weighted by atomic mass is 10.2. The minimum atomic E-state index is 0.889. The maximum atomic E-state index is 4.59. The molecule has 3 heteroatoms. The van der Waals surface area contributed by atoms with E-state index < -0.39 is 0 Å². The van der Waals surface area contributed by atoms with Crippen molar-refractivity contribution in [1.82, 2.24) is 14.7 Å². The Kier molecular flexibility index (Phi) is 2.73. The summed E-state index contributed by atoms with van der Waals surface area (Å²) in [7, 11) is 1.97. The topological polar surface area (TPSA) is 29.3 Å². The molecular formula is C12H17N3. The first-order valence-corrected chi connectivity index (χ1v) is 5.38. The van der Waals surface area contributed by atoms with Gasteiger partial charge in [-0.15, -0.1) is 0 Å². The highest BCUT2D eigenvalue weighted by Crippen LogP contribution is 2.17. The zero-order valence-corrected chi connectivity index (χ0v) is 9.54. The summed E-state index contributed by atoms with van der Waals surface area (Å²) < 4.78 is 2.20. The first-order chi connectivity index (χ1) is 7.27. The molecule has 2 rings (SSSR count). The van der Waals surface area contributed by atoms with Gasteiger partial charge in [-0.05, 0) is 25.6 Å². The van der Waals surface area contributed by atoms with Gasteiger partial charge in [-0.25, -0.2) is 4.98 Å². The van der Waals surface area contributed by atoms with Gasteiger partial charge in [-0.1, -0.05) is 13.0 Å². The first-order valence-electron chi connectivity index (χ1n) is 5.38. The third-order valence-electron chi connectivity index (χ3n) is 2.68. The van der Waals surface area contributed by atoms with Crippen LogP contribution in [-0.2, 0) is 13.0 Å². The van der Waals surface area contributed by atoms with Gasteiger partial charge in [0.05, 0.1) is 11.2 Å². The van der Waals surface area contributed by atoms with Crippen LogP contribution in [0.25, 0.3) is 5.52 Å². The van der Waals surface area contributed by atoms with Gasteiger partial charge in [0.15, 0.2) is 0 Å². The van der Waals surface area contributed by atoms with Crippen molar-refractivity contribution in [3.8, 4) is 0 Å². The molecule has 15 heavy (non-hydrogen) atoms. The fourth-order valence-corrected chi connectivity index (χ4v) is 2.06. The molecular weight excluding hydrogens is 186 g/mol. The van der Waals surface area contributed by atoms with E-state index in [0.29, 0.717) is 0 Å². The summed E-state index contributed by atoms with van der Waals surface area (Å²) >= 11 is 0. The van der Waals surface area contributed by atoms with Crippen LogP contribution in [0.4, 0.5) is 0 Å². The zero-order chi connectivity index (χ0) is 10.8. The molecule has 2 aromatic rings. The minimum Gasteiger partial charge on any atom is -0.316 e. The molecule has 0 aliphatic carbocycles. The molecule has 2 aromatic heterocycles. The van der Waals surface area contributed by atoms with E-state index in [-0.39, 0.29) is 0 Å². The standard InChI is InChI=1S/C12H17N3/c1-4-11-14-9(2)12-10(8-13-3)6-5-7-15(11)12/h5-7,13H,4,8H2,1-3H3. The van der Waals surface area contributed by atoms with Crippen molar-refractivity contribution in [3.63, 3.8) is 0 Å². The number of hydrogen-bond acceptors (Lipinski definition) is 2. The smallest absolute Gasteiger partial charge is 0.113 e. The highest BCUT2D eigenvalue weighted by Gasteiger charge is 2.09. The van der Waals surface area contributed by atoms with E-state index in [1.165, 1.54) is 11.1 Å². The monoisotopic (exact) mass is 203 g/mol. The number of hydrogen-bond donors (Lipinski definition) is 1. The van der Waals surface area contributed by atoms with Crippen molar-refractivity contribution in [1.29, 1.82) is 0 Å². The molecule has 0 atom stereocenters. The van der Waals surface area contributed by atoms with Crippen molar-refractivity contribution < 1.29 is 0 Å². The quantitative estimate of drug-likeness (QED) is 0.826. The van der Waals surface area contributed by atoms with Crippen molar-refractivity contribution in [2.24, 2.45) is 0 Å². The number of pyridine rings is 1. The van der Waals surface area contributed by atoms with E-state index in [0.717, 1.165) is 24.5 Å². The van der Waals surface area contributed by atoms with Gasteiger partial charge in [0.25, 0.3) is 0 Å². The molecule has 0 aliphatic rings. The van der Waals surface area contributed by atoms with Crippen LogP contribution in [0.15, 0.2) is 18.3 Å². The molecule has 0 amide bonds. The number of nitrogens with zero attached hydrogens (tertiary/aromatic N) is 2. The van der Waals surface area contributed by atoms with Crippen LogP contribution < -0.4 is 5.32 Å². The van der Waals surface area contributed by atoms with Crippen LogP contribution in [0.1, 0.15) is 24.0 Å². The van der Waals surface area contributed by atoms with Crippen LogP contribution in [-0.4, -0.2) is 16.4 Å². The molecule has 0 aromatic carbocycles. The Morgan fingerprint density at radius 2 is 2.27 bits per heavy atom. The normalized spacial score (nSPS) is 11.1. The van der Waals surface area contributed by atoms with Gasteiger partial charge in [0.1, 0.15) is 5.82 Å². The lowest BCUT2D eigenvalue weighted by Crippen LogP contribution is -2.06. The number of imidazole rings is 1. The molecule has 0 aliphatic heterocycles. The Labute approximate surface area is 90.1 Å². The van der Waals surface area contributed by atoms with Gasteiger partial charge in [-0.3, -0.25) is 0 Å². The van der Waals surface area contributed by atoms with Crippen LogP contribution in [0.2, 0.25) is 0 Å². The molecule has 3 nitrogen and oxygen atoms in total. The summed E-state index contributed by atoms with van der Waals surface area (Å²) in [6.07, 6.45) is 3.06. The van der Waals surface area contributed by atoms with E-state index in [4.69, 9.17) is 0 Å². The molecule has 0 saturated heterocycles. The summed E-state index contributed by atoms with van der Waals surface area (Å²) in [4.78, 5) is 4.59. The highest BCUT2D eigenvalue weighted by molar-refractivity contribution is 5.59. The number of aryl methyl sites for hydroxylation is 2. The van der Waals surface area contributed by atoms with E-state index in [1.54, 1.807) is 0 Å². The van der Waals surface area contributed by atoms with E-state index in [2.05, 4.69) is 46.9 Å². The average molecular weight is 203 g/mol. The molecule has 0 bridgehead atoms. The Balaban J connectivity index is 2.68. The summed E-state index contributed by atoms with van der Waals surface area (Å²) in [5, 5.41) is 3.19. The van der Waals surface area contributed by atoms with E-state index in [9.17, 15) is 0 Å². The number of aromatic nitrogens is 2. The summed E-state index contributed by atoms with van der Waals surface area (Å²) in [6.45, 7) is 5.10. The van der Waals surface area contributed by atoms with Crippen LogP contribution in [0, 0.1) is 6.92 Å². The maximum absolute atomic E-state index is 4.59. The van der Waals surface area contributed by atoms with Gasteiger partial charge >= 0.3 is 0 Å². The Morgan fingerprint density at radius 3 is 2.93 bits per heavy atom. The van der Waals surface area contributed by atoms with Crippen LogP contribution >= 0.6 is 0 Å². The van der Waals surface area contributed by atoms with Crippen molar-refractivity contribution >= 4 is 5.52 Å². The lowest BCUT2D eigenvalue weighted by Gasteiger charge is -2.05. The average Bonchev–Trinajstić information content (AvgIpc) is 2.57. The van der Waals surface area contributed by atoms with Crippen molar-refractivity contribution in [2.45, 2.75) is 26.8 Å². The Hall–Kier alpha value is -1.35. The van der Waals surface area contributed by atoms with Crippen LogP contribution in [0.5, 0.6) is 0 Å².